The van der Waals surface area contributed by atoms with Crippen molar-refractivity contribution in [2.24, 2.45) is 0 Å². The molecule has 0 bridgehead atoms. The monoisotopic (exact) mass is 258 g/mol. The first kappa shape index (κ1) is 13.7. The van der Waals surface area contributed by atoms with E-state index >= 15 is 0 Å². The lowest BCUT2D eigenvalue weighted by Crippen LogP contribution is -2.03. The number of hydrogen-bond acceptors (Lipinski definition) is 2. The molecule has 0 radical (unpaired) electrons. The van der Waals surface area contributed by atoms with Crippen molar-refractivity contribution in [2.75, 3.05) is 0 Å². The maximum Gasteiger partial charge on any atom is 0.164 e. The van der Waals surface area contributed by atoms with Crippen molar-refractivity contribution in [3.8, 4) is 17.0 Å². The molecule has 0 spiro atoms. The van der Waals surface area contributed by atoms with E-state index in [0.29, 0.717) is 5.75 Å². The fraction of sp³-hybridized carbons (Fsp3) is 0.438. The van der Waals surface area contributed by atoms with Gasteiger partial charge in [-0.15, -0.1) is 0 Å². The predicted octanol–water partition coefficient (Wildman–Crippen LogP) is 3.93. The third-order valence-corrected chi connectivity index (χ3v) is 3.46. The molecule has 0 saturated heterocycles. The van der Waals surface area contributed by atoms with Gasteiger partial charge in [-0.2, -0.15) is 5.10 Å². The van der Waals surface area contributed by atoms with Gasteiger partial charge in [0.2, 0.25) is 0 Å². The number of aromatic nitrogens is 2. The van der Waals surface area contributed by atoms with E-state index in [4.69, 9.17) is 0 Å². The fourth-order valence-electron chi connectivity index (χ4n) is 2.32. The van der Waals surface area contributed by atoms with Crippen molar-refractivity contribution in [1.29, 1.82) is 0 Å². The number of unbranched alkanes of at least 4 members (excludes halogenated alkanes) is 1. The minimum Gasteiger partial charge on any atom is -0.504 e. The van der Waals surface area contributed by atoms with Crippen molar-refractivity contribution < 1.29 is 5.11 Å². The van der Waals surface area contributed by atoms with Crippen LogP contribution in [0.2, 0.25) is 0 Å². The fourth-order valence-corrected chi connectivity index (χ4v) is 2.32. The van der Waals surface area contributed by atoms with Crippen LogP contribution in [0.4, 0.5) is 0 Å². The van der Waals surface area contributed by atoms with Gasteiger partial charge in [0.05, 0.1) is 0 Å². The second kappa shape index (κ2) is 5.91. The van der Waals surface area contributed by atoms with Gasteiger partial charge in [-0.1, -0.05) is 44.5 Å². The van der Waals surface area contributed by atoms with Crippen molar-refractivity contribution in [3.63, 3.8) is 0 Å². The van der Waals surface area contributed by atoms with Gasteiger partial charge in [0.1, 0.15) is 11.4 Å². The third-order valence-electron chi connectivity index (χ3n) is 3.46. The van der Waals surface area contributed by atoms with E-state index in [1.807, 2.05) is 29.8 Å². The molecule has 1 heterocycles. The second-order valence-electron chi connectivity index (χ2n) is 4.89. The van der Waals surface area contributed by atoms with Crippen LogP contribution in [-0.4, -0.2) is 14.9 Å². The first-order chi connectivity index (χ1) is 9.19. The zero-order chi connectivity index (χ0) is 13.8. The Kier molecular flexibility index (Phi) is 4.25. The molecular formula is C16H22N2O. The molecule has 0 amide bonds. The van der Waals surface area contributed by atoms with Crippen LogP contribution in [0.15, 0.2) is 24.3 Å². The smallest absolute Gasteiger partial charge is 0.164 e. The topological polar surface area (TPSA) is 38.0 Å². The summed E-state index contributed by atoms with van der Waals surface area (Å²) < 4.78 is 1.96. The number of hydrogen-bond donors (Lipinski definition) is 1. The second-order valence-corrected chi connectivity index (χ2v) is 4.89. The van der Waals surface area contributed by atoms with Crippen LogP contribution in [0, 0.1) is 6.92 Å². The SMILES string of the molecule is CCCCn1nc(CC)c(O)c1-c1ccccc1C. The maximum atomic E-state index is 10.4. The van der Waals surface area contributed by atoms with Crippen molar-refractivity contribution >= 4 is 0 Å². The van der Waals surface area contributed by atoms with E-state index < -0.39 is 0 Å². The average Bonchev–Trinajstić information content (AvgIpc) is 2.73. The zero-order valence-electron chi connectivity index (χ0n) is 12.0. The molecule has 3 nitrogen and oxygen atoms in total. The molecule has 0 aliphatic carbocycles. The molecule has 0 unspecified atom stereocenters. The Morgan fingerprint density at radius 3 is 2.58 bits per heavy atom. The number of rotatable bonds is 5. The summed E-state index contributed by atoms with van der Waals surface area (Å²) in [5.74, 6) is 0.341. The molecule has 1 N–H and O–H groups in total. The van der Waals surface area contributed by atoms with Gasteiger partial charge >= 0.3 is 0 Å². The highest BCUT2D eigenvalue weighted by Gasteiger charge is 2.18. The number of aryl methyl sites for hydroxylation is 3. The van der Waals surface area contributed by atoms with Crippen LogP contribution in [-0.2, 0) is 13.0 Å². The van der Waals surface area contributed by atoms with E-state index in [1.54, 1.807) is 0 Å². The normalized spacial score (nSPS) is 10.9. The maximum absolute atomic E-state index is 10.4. The van der Waals surface area contributed by atoms with Crippen molar-refractivity contribution in [1.82, 2.24) is 9.78 Å². The van der Waals surface area contributed by atoms with Gasteiger partial charge in [0.15, 0.2) is 5.75 Å². The first-order valence-corrected chi connectivity index (χ1v) is 7.03. The molecule has 1 aromatic carbocycles. The Labute approximate surface area is 114 Å². The van der Waals surface area contributed by atoms with Crippen LogP contribution in [0.3, 0.4) is 0 Å². The van der Waals surface area contributed by atoms with E-state index in [0.717, 1.165) is 48.3 Å². The highest BCUT2D eigenvalue weighted by molar-refractivity contribution is 5.70. The van der Waals surface area contributed by atoms with E-state index in [1.165, 1.54) is 0 Å². The number of nitrogens with zero attached hydrogens (tertiary/aromatic N) is 2. The molecule has 2 rings (SSSR count). The highest BCUT2D eigenvalue weighted by atomic mass is 16.3. The quantitative estimate of drug-likeness (QED) is 0.882. The Hall–Kier alpha value is -1.77. The molecular weight excluding hydrogens is 236 g/mol. The summed E-state index contributed by atoms with van der Waals surface area (Å²) >= 11 is 0. The highest BCUT2D eigenvalue weighted by Crippen LogP contribution is 2.34. The van der Waals surface area contributed by atoms with Crippen LogP contribution < -0.4 is 0 Å². The molecule has 0 aliphatic rings. The Bertz CT molecular complexity index is 558. The standard InChI is InChI=1S/C16H22N2O/c1-4-6-11-18-15(16(19)14(5-2)17-18)13-10-8-7-9-12(13)3/h7-10,19H,4-6,11H2,1-3H3. The lowest BCUT2D eigenvalue weighted by Gasteiger charge is -2.09. The van der Waals surface area contributed by atoms with Gasteiger partial charge in [-0.3, -0.25) is 4.68 Å². The van der Waals surface area contributed by atoms with E-state index in [2.05, 4.69) is 25.0 Å². The first-order valence-electron chi connectivity index (χ1n) is 7.03. The lowest BCUT2D eigenvalue weighted by atomic mass is 10.0. The Morgan fingerprint density at radius 2 is 1.95 bits per heavy atom. The van der Waals surface area contributed by atoms with E-state index in [9.17, 15) is 5.11 Å². The van der Waals surface area contributed by atoms with Gasteiger partial charge in [0, 0.05) is 12.1 Å². The Morgan fingerprint density at radius 1 is 1.21 bits per heavy atom. The van der Waals surface area contributed by atoms with Crippen LogP contribution in [0.5, 0.6) is 5.75 Å². The summed E-state index contributed by atoms with van der Waals surface area (Å²) in [6.45, 7) is 7.11. The lowest BCUT2D eigenvalue weighted by molar-refractivity contribution is 0.470. The minimum atomic E-state index is 0.341. The predicted molar refractivity (Wildman–Crippen MR) is 78.4 cm³/mol. The van der Waals surface area contributed by atoms with Crippen LogP contribution >= 0.6 is 0 Å². The molecule has 19 heavy (non-hydrogen) atoms. The zero-order valence-corrected chi connectivity index (χ0v) is 12.0. The Balaban J connectivity index is 2.54. The van der Waals surface area contributed by atoms with Gasteiger partial charge in [-0.25, -0.2) is 0 Å². The largest absolute Gasteiger partial charge is 0.504 e. The van der Waals surface area contributed by atoms with E-state index in [-0.39, 0.29) is 0 Å². The molecule has 0 saturated carbocycles. The molecule has 2 aromatic rings. The van der Waals surface area contributed by atoms with Crippen LogP contribution in [0.25, 0.3) is 11.3 Å². The summed E-state index contributed by atoms with van der Waals surface area (Å²) in [6, 6.07) is 8.14. The van der Waals surface area contributed by atoms with Crippen molar-refractivity contribution in [2.45, 2.75) is 46.6 Å². The molecule has 3 heteroatoms. The summed E-state index contributed by atoms with van der Waals surface area (Å²) in [5.41, 5.74) is 3.89. The molecule has 0 aliphatic heterocycles. The van der Waals surface area contributed by atoms with Crippen LogP contribution in [0.1, 0.15) is 37.9 Å². The third kappa shape index (κ3) is 2.65. The van der Waals surface area contributed by atoms with Gasteiger partial charge in [-0.05, 0) is 25.3 Å². The molecule has 102 valence electrons. The summed E-state index contributed by atoms with van der Waals surface area (Å²) in [7, 11) is 0. The van der Waals surface area contributed by atoms with Crippen molar-refractivity contribution in [3.05, 3.63) is 35.5 Å². The molecule has 1 aromatic heterocycles. The molecule has 0 fully saturated rings. The summed E-state index contributed by atoms with van der Waals surface area (Å²) in [4.78, 5) is 0. The number of benzene rings is 1. The molecule has 0 atom stereocenters. The summed E-state index contributed by atoms with van der Waals surface area (Å²) in [6.07, 6.45) is 2.95. The van der Waals surface area contributed by atoms with Gasteiger partial charge in [0.25, 0.3) is 0 Å². The number of aromatic hydroxyl groups is 1. The summed E-state index contributed by atoms with van der Waals surface area (Å²) in [5, 5.41) is 15.0. The average molecular weight is 258 g/mol. The minimum absolute atomic E-state index is 0.341. The van der Waals surface area contributed by atoms with Gasteiger partial charge < -0.3 is 5.11 Å².